The third-order valence-corrected chi connectivity index (χ3v) is 2.03. The van der Waals surface area contributed by atoms with Gasteiger partial charge in [0, 0.05) is 10.0 Å². The average Bonchev–Trinajstić information content (AvgIpc) is 2.09. The number of benzene rings is 1. The van der Waals surface area contributed by atoms with Gasteiger partial charge in [-0.2, -0.15) is 0 Å². The second kappa shape index (κ2) is 3.93. The predicted molar refractivity (Wildman–Crippen MR) is 48.4 cm³/mol. The molecule has 0 radical (unpaired) electrons. The van der Waals surface area contributed by atoms with Gasteiger partial charge in [0.1, 0.15) is 0 Å². The van der Waals surface area contributed by atoms with Crippen molar-refractivity contribution in [3.05, 3.63) is 28.0 Å². The molecule has 1 atom stereocenters. The van der Waals surface area contributed by atoms with Crippen molar-refractivity contribution in [1.82, 2.24) is 0 Å². The molecule has 0 saturated carbocycles. The third-order valence-electron chi connectivity index (χ3n) is 1.57. The van der Waals surface area contributed by atoms with E-state index < -0.39 is 29.2 Å². The molecule has 0 amide bonds. The second-order valence-corrected chi connectivity index (χ2v) is 3.48. The Hall–Kier alpha value is -1.14. The van der Waals surface area contributed by atoms with Gasteiger partial charge in [-0.1, -0.05) is 15.9 Å². The van der Waals surface area contributed by atoms with Crippen LogP contribution in [0.2, 0.25) is 0 Å². The van der Waals surface area contributed by atoms with Crippen LogP contribution in [-0.2, 0) is 4.79 Å². The quantitative estimate of drug-likeness (QED) is 0.755. The molecule has 0 spiro atoms. The van der Waals surface area contributed by atoms with E-state index in [9.17, 15) is 9.18 Å². The zero-order chi connectivity index (χ0) is 10.9. The molecule has 0 aliphatic rings. The molecule has 0 aliphatic heterocycles. The fourth-order valence-corrected chi connectivity index (χ4v) is 1.39. The zero-order valence-corrected chi connectivity index (χ0v) is 8.32. The summed E-state index contributed by atoms with van der Waals surface area (Å²) in [7, 11) is 0. The first kappa shape index (κ1) is 10.9. The largest absolute Gasteiger partial charge is 0.505 e. The average molecular weight is 265 g/mol. The number of carboxylic acids is 1. The Morgan fingerprint density at radius 3 is 2.57 bits per heavy atom. The maximum Gasteiger partial charge on any atom is 0.337 e. The number of aliphatic carboxylic acids is 1. The van der Waals surface area contributed by atoms with Crippen molar-refractivity contribution in [1.29, 1.82) is 0 Å². The van der Waals surface area contributed by atoms with Crippen LogP contribution in [0.25, 0.3) is 0 Å². The number of hydrogen-bond donors (Lipinski definition) is 3. The van der Waals surface area contributed by atoms with E-state index in [0.29, 0.717) is 0 Å². The minimum absolute atomic E-state index is 0.284. The normalized spacial score (nSPS) is 12.5. The fourth-order valence-electron chi connectivity index (χ4n) is 0.927. The van der Waals surface area contributed by atoms with E-state index in [1.165, 1.54) is 0 Å². The highest BCUT2D eigenvalue weighted by Gasteiger charge is 2.22. The Morgan fingerprint density at radius 2 is 2.07 bits per heavy atom. The molecular formula is C8H6BrFO4. The van der Waals surface area contributed by atoms with E-state index in [-0.39, 0.29) is 4.47 Å². The Balaban J connectivity index is 3.26. The summed E-state index contributed by atoms with van der Waals surface area (Å²) in [5.74, 6) is -3.43. The van der Waals surface area contributed by atoms with Crippen LogP contribution in [0.3, 0.4) is 0 Å². The van der Waals surface area contributed by atoms with Crippen molar-refractivity contribution in [3.8, 4) is 5.75 Å². The molecule has 0 aliphatic carbocycles. The maximum absolute atomic E-state index is 13.1. The smallest absolute Gasteiger partial charge is 0.337 e. The number of hydrogen-bond acceptors (Lipinski definition) is 3. The molecule has 0 fully saturated rings. The fraction of sp³-hybridized carbons (Fsp3) is 0.125. The van der Waals surface area contributed by atoms with E-state index in [4.69, 9.17) is 15.3 Å². The Labute approximate surface area is 86.7 Å². The Kier molecular flexibility index (Phi) is 3.07. The number of carboxylic acid groups (broad SMARTS) is 1. The highest BCUT2D eigenvalue weighted by Crippen LogP contribution is 2.29. The van der Waals surface area contributed by atoms with Gasteiger partial charge in [0.25, 0.3) is 0 Å². The summed E-state index contributed by atoms with van der Waals surface area (Å²) in [5.41, 5.74) is -0.482. The summed E-state index contributed by atoms with van der Waals surface area (Å²) in [6, 6.07) is 2.15. The van der Waals surface area contributed by atoms with E-state index in [0.717, 1.165) is 12.1 Å². The molecular weight excluding hydrogens is 259 g/mol. The molecule has 1 aromatic rings. The predicted octanol–water partition coefficient (Wildman–Crippen LogP) is 1.41. The summed E-state index contributed by atoms with van der Waals surface area (Å²) < 4.78 is 13.4. The molecule has 6 heteroatoms. The highest BCUT2D eigenvalue weighted by molar-refractivity contribution is 9.10. The van der Waals surface area contributed by atoms with Crippen molar-refractivity contribution >= 4 is 21.9 Å². The molecule has 14 heavy (non-hydrogen) atoms. The van der Waals surface area contributed by atoms with Crippen LogP contribution in [0.15, 0.2) is 16.6 Å². The molecule has 3 N–H and O–H groups in total. The Bertz CT molecular complexity index is 380. The van der Waals surface area contributed by atoms with Gasteiger partial charge in [0.15, 0.2) is 17.7 Å². The summed E-state index contributed by atoms with van der Waals surface area (Å²) in [6.07, 6.45) is -1.99. The zero-order valence-electron chi connectivity index (χ0n) is 6.74. The lowest BCUT2D eigenvalue weighted by Crippen LogP contribution is -2.12. The lowest BCUT2D eigenvalue weighted by atomic mass is 10.1. The number of halogens is 2. The SMILES string of the molecule is O=C(O)C(O)c1cc(Br)cc(O)c1F. The van der Waals surface area contributed by atoms with Gasteiger partial charge in [0.05, 0.1) is 0 Å². The van der Waals surface area contributed by atoms with Gasteiger partial charge < -0.3 is 15.3 Å². The molecule has 0 aromatic heterocycles. The second-order valence-electron chi connectivity index (χ2n) is 2.57. The summed E-state index contributed by atoms with van der Waals surface area (Å²) >= 11 is 2.93. The van der Waals surface area contributed by atoms with Gasteiger partial charge in [-0.15, -0.1) is 0 Å². The standard InChI is InChI=1S/C8H6BrFO4/c9-3-1-4(7(12)8(13)14)6(10)5(11)2-3/h1-2,7,11-12H,(H,13,14). The van der Waals surface area contributed by atoms with Crippen molar-refractivity contribution in [3.63, 3.8) is 0 Å². The van der Waals surface area contributed by atoms with Gasteiger partial charge in [-0.25, -0.2) is 9.18 Å². The van der Waals surface area contributed by atoms with Crippen LogP contribution in [0.5, 0.6) is 5.75 Å². The van der Waals surface area contributed by atoms with Gasteiger partial charge >= 0.3 is 5.97 Å². The first-order valence-electron chi connectivity index (χ1n) is 3.52. The van der Waals surface area contributed by atoms with E-state index in [2.05, 4.69) is 15.9 Å². The molecule has 4 nitrogen and oxygen atoms in total. The highest BCUT2D eigenvalue weighted by atomic mass is 79.9. The van der Waals surface area contributed by atoms with Crippen molar-refractivity contribution < 1.29 is 24.5 Å². The minimum atomic E-state index is -1.99. The van der Waals surface area contributed by atoms with E-state index >= 15 is 0 Å². The van der Waals surface area contributed by atoms with Gasteiger partial charge in [-0.3, -0.25) is 0 Å². The molecule has 0 saturated heterocycles. The van der Waals surface area contributed by atoms with Crippen LogP contribution in [0.1, 0.15) is 11.7 Å². The van der Waals surface area contributed by atoms with Crippen LogP contribution in [0, 0.1) is 5.82 Å². The summed E-state index contributed by atoms with van der Waals surface area (Å²) in [5, 5.41) is 26.5. The number of aliphatic hydroxyl groups excluding tert-OH is 1. The number of rotatable bonds is 2. The first-order valence-corrected chi connectivity index (χ1v) is 4.31. The molecule has 0 bridgehead atoms. The monoisotopic (exact) mass is 264 g/mol. The number of phenols is 1. The maximum atomic E-state index is 13.1. The summed E-state index contributed by atoms with van der Waals surface area (Å²) in [4.78, 5) is 10.4. The topological polar surface area (TPSA) is 77.8 Å². The van der Waals surface area contributed by atoms with E-state index in [1.54, 1.807) is 0 Å². The van der Waals surface area contributed by atoms with Gasteiger partial charge in [0.2, 0.25) is 0 Å². The lowest BCUT2D eigenvalue weighted by molar-refractivity contribution is -0.147. The number of carbonyl (C=O) groups is 1. The number of aliphatic hydroxyl groups is 1. The first-order chi connectivity index (χ1) is 6.43. The third kappa shape index (κ3) is 2.02. The van der Waals surface area contributed by atoms with Crippen molar-refractivity contribution in [2.24, 2.45) is 0 Å². The van der Waals surface area contributed by atoms with Crippen molar-refractivity contribution in [2.45, 2.75) is 6.10 Å². The number of phenolic OH excluding ortho intramolecular Hbond substituents is 1. The van der Waals surface area contributed by atoms with Crippen LogP contribution < -0.4 is 0 Å². The number of aromatic hydroxyl groups is 1. The lowest BCUT2D eigenvalue weighted by Gasteiger charge is -2.08. The molecule has 1 unspecified atom stereocenters. The molecule has 76 valence electrons. The molecule has 1 rings (SSSR count). The van der Waals surface area contributed by atoms with Gasteiger partial charge in [-0.05, 0) is 12.1 Å². The Morgan fingerprint density at radius 1 is 1.50 bits per heavy atom. The van der Waals surface area contributed by atoms with Crippen molar-refractivity contribution in [2.75, 3.05) is 0 Å². The summed E-state index contributed by atoms with van der Waals surface area (Å²) in [6.45, 7) is 0. The van der Waals surface area contributed by atoms with Crippen LogP contribution >= 0.6 is 15.9 Å². The van der Waals surface area contributed by atoms with E-state index in [1.807, 2.05) is 0 Å². The molecule has 0 heterocycles. The van der Waals surface area contributed by atoms with Crippen LogP contribution in [-0.4, -0.2) is 21.3 Å². The molecule has 1 aromatic carbocycles. The minimum Gasteiger partial charge on any atom is -0.505 e. The van der Waals surface area contributed by atoms with Crippen LogP contribution in [0.4, 0.5) is 4.39 Å².